The van der Waals surface area contributed by atoms with Crippen molar-refractivity contribution in [1.82, 2.24) is 0 Å². The fraction of sp³-hybridized carbons (Fsp3) is 0.231. The molecule has 0 amide bonds. The molecule has 235 valence electrons. The predicted octanol–water partition coefficient (Wildman–Crippen LogP) is 5.75. The van der Waals surface area contributed by atoms with Gasteiger partial charge in [-0.1, -0.05) is 80.2 Å². The average molecular weight is 673 g/mol. The number of rotatable bonds is 7. The van der Waals surface area contributed by atoms with Crippen LogP contribution >= 0.6 is 0 Å². The topological polar surface area (TPSA) is 206 Å². The Hall–Kier alpha value is -3.66. The Balaban J connectivity index is 0. The third-order valence-electron chi connectivity index (χ3n) is 4.22. The number of benzene rings is 3. The van der Waals surface area contributed by atoms with E-state index >= 15 is 0 Å². The molecule has 0 unspecified atom stereocenters. The van der Waals surface area contributed by atoms with Crippen LogP contribution < -0.4 is 0 Å². The third-order valence-corrected chi connectivity index (χ3v) is 5.56. The summed E-state index contributed by atoms with van der Waals surface area (Å²) in [7, 11) is -5.70. The van der Waals surface area contributed by atoms with Crippen LogP contribution in [0.2, 0.25) is 0 Å². The Morgan fingerprint density at radius 3 is 1.86 bits per heavy atom. The van der Waals surface area contributed by atoms with Gasteiger partial charge in [0.2, 0.25) is 0 Å². The molecule has 13 nitrogen and oxygen atoms in total. The van der Waals surface area contributed by atoms with Crippen molar-refractivity contribution >= 4 is 43.4 Å². The minimum Gasteiger partial charge on any atom is -0.571 e. The predicted molar refractivity (Wildman–Crippen MR) is 157 cm³/mol. The molecular formula is C26H33CuN4O9S2-. The zero-order valence-electron chi connectivity index (χ0n) is 23.4. The number of para-hydroxylation sites is 1. The van der Waals surface area contributed by atoms with E-state index in [0.29, 0.717) is 5.56 Å². The number of hydrogen-bond acceptors (Lipinski definition) is 9. The van der Waals surface area contributed by atoms with E-state index < -0.39 is 26.2 Å². The first-order valence-electron chi connectivity index (χ1n) is 11.8. The van der Waals surface area contributed by atoms with E-state index in [-0.39, 0.29) is 51.3 Å². The molecule has 0 saturated carbocycles. The third kappa shape index (κ3) is 17.9. The van der Waals surface area contributed by atoms with E-state index in [0.717, 1.165) is 13.4 Å². The van der Waals surface area contributed by atoms with Gasteiger partial charge >= 0.3 is 5.97 Å². The van der Waals surface area contributed by atoms with Gasteiger partial charge in [-0.15, -0.1) is 10.2 Å². The van der Waals surface area contributed by atoms with Crippen LogP contribution in [0.3, 0.4) is 0 Å². The molecule has 3 aromatic carbocycles. The first kappa shape index (κ1) is 40.5. The van der Waals surface area contributed by atoms with Crippen LogP contribution in [0, 0.1) is 0 Å². The number of aromatic carboxylic acids is 1. The Morgan fingerprint density at radius 2 is 1.38 bits per heavy atom. The van der Waals surface area contributed by atoms with Crippen LogP contribution in [-0.4, -0.2) is 62.5 Å². The molecule has 3 aromatic rings. The van der Waals surface area contributed by atoms with Gasteiger partial charge in [0, 0.05) is 22.6 Å². The van der Waals surface area contributed by atoms with Crippen LogP contribution in [0.15, 0.2) is 94.2 Å². The first-order chi connectivity index (χ1) is 19.3. The number of carbonyl (C=O) groups is 1. The number of aromatic hydroxyl groups is 1. The summed E-state index contributed by atoms with van der Waals surface area (Å²) in [5, 5.41) is 31.3. The summed E-state index contributed by atoms with van der Waals surface area (Å²) in [6.45, 7) is 5.37. The van der Waals surface area contributed by atoms with Crippen molar-refractivity contribution < 1.29 is 57.6 Å². The van der Waals surface area contributed by atoms with E-state index in [1.54, 1.807) is 48.5 Å². The number of carboxylic acid groups (broad SMARTS) is 1. The van der Waals surface area contributed by atoms with Crippen molar-refractivity contribution in [2.24, 2.45) is 15.3 Å². The fourth-order valence-corrected chi connectivity index (χ4v) is 2.22. The SMILES string of the molecule is CC.CCS(=O)(=O)O.COS(C)(=O)=O.O=C(O)c1ccccc1N=NC(=N[N-]c1ccccc1O)c1ccccc1.[Cu]. The molecule has 0 spiro atoms. The Bertz CT molecular complexity index is 1470. The van der Waals surface area contributed by atoms with Crippen molar-refractivity contribution in [3.63, 3.8) is 0 Å². The van der Waals surface area contributed by atoms with Crippen molar-refractivity contribution in [1.29, 1.82) is 0 Å². The molecule has 0 aliphatic carbocycles. The fourth-order valence-electron chi connectivity index (χ4n) is 2.22. The van der Waals surface area contributed by atoms with E-state index in [2.05, 4.69) is 24.9 Å². The molecule has 3 N–H and O–H groups in total. The minimum absolute atomic E-state index is 0. The molecule has 3 rings (SSSR count). The average Bonchev–Trinajstić information content (AvgIpc) is 2.95. The number of carboxylic acids is 1. The van der Waals surface area contributed by atoms with Gasteiger partial charge in [-0.25, -0.2) is 4.79 Å². The molecule has 0 aliphatic rings. The molecule has 16 heteroatoms. The first-order valence-corrected chi connectivity index (χ1v) is 15.3. The van der Waals surface area contributed by atoms with Crippen molar-refractivity contribution in [3.05, 3.63) is 95.4 Å². The summed E-state index contributed by atoms with van der Waals surface area (Å²) in [5.41, 5.74) is 5.19. The maximum absolute atomic E-state index is 11.3. The standard InChI is InChI=1S/C20H16N4O3.2C2H6O3S.C2H6.Cu/c25-18-13-7-6-12-17(18)22-24-19(14-8-2-1-3-9-14)23-21-16-11-5-4-10-15(16)20(26)27;1-5-6(2,3)4;1-2-6(3,4)5;1-2;/h1-13H,(H3,21,22,23,24,25,26,27);1-2H3;2H2,1H3,(H,3,4,5);1-2H3;/p-1. The monoisotopic (exact) mass is 672 g/mol. The van der Waals surface area contributed by atoms with E-state index in [9.17, 15) is 31.8 Å². The molecule has 42 heavy (non-hydrogen) atoms. The van der Waals surface area contributed by atoms with Gasteiger partial charge in [0.25, 0.3) is 20.2 Å². The normalized spacial score (nSPS) is 10.9. The Kier molecular flexibility index (Phi) is 20.3. The Morgan fingerprint density at radius 1 is 0.905 bits per heavy atom. The number of hydrogen-bond donors (Lipinski definition) is 3. The number of nitrogens with zero attached hydrogens (tertiary/aromatic N) is 4. The second-order valence-electron chi connectivity index (χ2n) is 7.14. The molecule has 0 aromatic heterocycles. The maximum Gasteiger partial charge on any atom is 0.337 e. The van der Waals surface area contributed by atoms with Gasteiger partial charge in [-0.3, -0.25) is 8.74 Å². The van der Waals surface area contributed by atoms with Crippen LogP contribution in [0.4, 0.5) is 11.4 Å². The number of phenols is 1. The van der Waals surface area contributed by atoms with Gasteiger partial charge in [0.05, 0.1) is 24.7 Å². The summed E-state index contributed by atoms with van der Waals surface area (Å²) in [5.74, 6) is -1.13. The number of azo groups is 1. The van der Waals surface area contributed by atoms with Crippen molar-refractivity contribution in [3.8, 4) is 5.75 Å². The quantitative estimate of drug-likeness (QED) is 0.0530. The molecule has 0 heterocycles. The zero-order valence-corrected chi connectivity index (χ0v) is 26.0. The largest absolute Gasteiger partial charge is 0.571 e. The van der Waals surface area contributed by atoms with Crippen molar-refractivity contribution in [2.45, 2.75) is 20.8 Å². The van der Waals surface area contributed by atoms with E-state index in [1.165, 1.54) is 19.1 Å². The van der Waals surface area contributed by atoms with Crippen LogP contribution in [0.1, 0.15) is 36.7 Å². The van der Waals surface area contributed by atoms with E-state index in [4.69, 9.17) is 4.55 Å². The summed E-state index contributed by atoms with van der Waals surface area (Å²) in [6.07, 6.45) is 0.993. The molecule has 0 bridgehead atoms. The molecular weight excluding hydrogens is 640 g/mol. The number of phenolic OH excluding ortho intramolecular Hbond substituents is 1. The van der Waals surface area contributed by atoms with Gasteiger partial charge in [-0.2, -0.15) is 16.8 Å². The molecule has 1 radical (unpaired) electrons. The number of amidine groups is 1. The van der Waals surface area contributed by atoms with Gasteiger partial charge < -0.3 is 20.7 Å². The van der Waals surface area contributed by atoms with Gasteiger partial charge in [0.15, 0.2) is 5.84 Å². The minimum atomic E-state index is -3.66. The smallest absolute Gasteiger partial charge is 0.337 e. The molecule has 0 fully saturated rings. The molecule has 0 aliphatic heterocycles. The summed E-state index contributed by atoms with van der Waals surface area (Å²) >= 11 is 0. The molecule has 0 atom stereocenters. The van der Waals surface area contributed by atoms with Gasteiger partial charge in [-0.05, 0) is 25.1 Å². The summed E-state index contributed by atoms with van der Waals surface area (Å²) in [6, 6.07) is 21.8. The zero-order chi connectivity index (χ0) is 31.5. The second-order valence-corrected chi connectivity index (χ2v) is 10.6. The maximum atomic E-state index is 11.3. The van der Waals surface area contributed by atoms with Gasteiger partial charge in [0.1, 0.15) is 11.4 Å². The second kappa shape index (κ2) is 21.1. The summed E-state index contributed by atoms with van der Waals surface area (Å²) in [4.78, 5) is 11.3. The van der Waals surface area contributed by atoms with E-state index in [1.807, 2.05) is 32.0 Å². The van der Waals surface area contributed by atoms with Crippen molar-refractivity contribution in [2.75, 3.05) is 19.1 Å². The van der Waals surface area contributed by atoms with Crippen LogP contribution in [-0.2, 0) is 41.5 Å². The Labute approximate surface area is 256 Å². The van der Waals surface area contributed by atoms with Crippen LogP contribution in [0.5, 0.6) is 5.75 Å². The van der Waals surface area contributed by atoms with Crippen LogP contribution in [0.25, 0.3) is 5.43 Å². The molecule has 0 saturated heterocycles. The summed E-state index contributed by atoms with van der Waals surface area (Å²) < 4.78 is 50.4.